The van der Waals surface area contributed by atoms with E-state index < -0.39 is 5.91 Å². The van der Waals surface area contributed by atoms with E-state index in [-0.39, 0.29) is 40.9 Å². The fraction of sp³-hybridized carbons (Fsp3) is 0.615. The van der Waals surface area contributed by atoms with Crippen molar-refractivity contribution in [1.82, 2.24) is 15.2 Å². The summed E-state index contributed by atoms with van der Waals surface area (Å²) in [7, 11) is 0. The molecule has 8 nitrogen and oxygen atoms in total. The minimum absolute atomic E-state index is 0.0926. The molecule has 1 aliphatic heterocycles. The number of amides is 4. The van der Waals surface area contributed by atoms with Gasteiger partial charge < -0.3 is 15.8 Å². The van der Waals surface area contributed by atoms with E-state index in [0.29, 0.717) is 31.4 Å². The maximum atomic E-state index is 13.3. The van der Waals surface area contributed by atoms with Crippen LogP contribution in [0.15, 0.2) is 30.1 Å². The summed E-state index contributed by atoms with van der Waals surface area (Å²) in [5, 5.41) is 2.90. The number of hydrogen-bond acceptors (Lipinski definition) is 5. The van der Waals surface area contributed by atoms with Crippen molar-refractivity contribution in [3.8, 4) is 5.88 Å². The molecular formula is C26H32N4O4. The molecule has 6 fully saturated rings. The zero-order chi connectivity index (χ0) is 23.4. The number of nitrogens with two attached hydrogens (primary N) is 1. The van der Waals surface area contributed by atoms with Crippen molar-refractivity contribution >= 4 is 17.8 Å². The summed E-state index contributed by atoms with van der Waals surface area (Å²) in [6.45, 7) is 0. The predicted octanol–water partition coefficient (Wildman–Crippen LogP) is 3.52. The standard InChI is InChI=1S/C26H32N4O4/c27-22(31)20-2-1-7-28-23(20)34-19-5-3-18(4-6-19)30-24(32)21(29-25(30)33)14-26-11-15-8-16(12-26)10-17(9-15)13-26/h1-2,7,14-19H,3-6,8-13H2,(H2,27,31)(H,29,33)/b21-14-/t15?,16?,17?,18-,19-,26?. The molecule has 6 aliphatic rings. The van der Waals surface area contributed by atoms with Gasteiger partial charge in [-0.1, -0.05) is 0 Å². The monoisotopic (exact) mass is 464 g/mol. The Morgan fingerprint density at radius 2 is 1.74 bits per heavy atom. The first-order valence-electron chi connectivity index (χ1n) is 12.7. The van der Waals surface area contributed by atoms with Gasteiger partial charge in [0.05, 0.1) is 0 Å². The van der Waals surface area contributed by atoms with Gasteiger partial charge in [0.2, 0.25) is 5.88 Å². The van der Waals surface area contributed by atoms with Crippen LogP contribution in [0.3, 0.4) is 0 Å². The van der Waals surface area contributed by atoms with Crippen LogP contribution >= 0.6 is 0 Å². The van der Waals surface area contributed by atoms with E-state index in [1.54, 1.807) is 18.3 Å². The Hall–Kier alpha value is -2.90. The lowest BCUT2D eigenvalue weighted by Gasteiger charge is -2.55. The zero-order valence-electron chi connectivity index (χ0n) is 19.4. The van der Waals surface area contributed by atoms with Gasteiger partial charge in [0.15, 0.2) is 0 Å². The Labute approximate surface area is 199 Å². The fourth-order valence-electron chi connectivity index (χ4n) is 7.79. The molecule has 0 aromatic carbocycles. The molecule has 0 unspecified atom stereocenters. The van der Waals surface area contributed by atoms with Crippen molar-refractivity contribution in [3.63, 3.8) is 0 Å². The van der Waals surface area contributed by atoms with Crippen LogP contribution in [0.25, 0.3) is 0 Å². The highest BCUT2D eigenvalue weighted by atomic mass is 16.5. The second-order valence-corrected chi connectivity index (χ2v) is 11.2. The van der Waals surface area contributed by atoms with Gasteiger partial charge >= 0.3 is 6.03 Å². The van der Waals surface area contributed by atoms with Crippen LogP contribution in [0.4, 0.5) is 4.79 Å². The van der Waals surface area contributed by atoms with Gasteiger partial charge in [0.1, 0.15) is 17.4 Å². The number of hydrogen-bond donors (Lipinski definition) is 2. The van der Waals surface area contributed by atoms with Crippen molar-refractivity contribution < 1.29 is 19.1 Å². The SMILES string of the molecule is NC(=O)c1cccnc1O[C@H]1CC[C@H](N2C(=O)N/C(=C\C34CC5CC(CC(C5)C3)C4)C2=O)CC1. The minimum atomic E-state index is -0.575. The lowest BCUT2D eigenvalue weighted by Crippen LogP contribution is -2.45. The van der Waals surface area contributed by atoms with Crippen LogP contribution < -0.4 is 15.8 Å². The quantitative estimate of drug-likeness (QED) is 0.511. The first-order valence-corrected chi connectivity index (χ1v) is 12.7. The Morgan fingerprint density at radius 1 is 1.09 bits per heavy atom. The summed E-state index contributed by atoms with van der Waals surface area (Å²) in [5.41, 5.74) is 6.27. The lowest BCUT2D eigenvalue weighted by molar-refractivity contribution is -0.125. The van der Waals surface area contributed by atoms with Crippen molar-refractivity contribution in [2.45, 2.75) is 76.4 Å². The maximum Gasteiger partial charge on any atom is 0.329 e. The van der Waals surface area contributed by atoms with Crippen LogP contribution in [0.5, 0.6) is 5.88 Å². The number of aromatic nitrogens is 1. The van der Waals surface area contributed by atoms with Gasteiger partial charge in [-0.05, 0) is 106 Å². The van der Waals surface area contributed by atoms with E-state index in [4.69, 9.17) is 10.5 Å². The van der Waals surface area contributed by atoms with Gasteiger partial charge in [-0.15, -0.1) is 0 Å². The van der Waals surface area contributed by atoms with Crippen molar-refractivity contribution in [2.75, 3.05) is 0 Å². The van der Waals surface area contributed by atoms with E-state index >= 15 is 0 Å². The van der Waals surface area contributed by atoms with Gasteiger partial charge in [0, 0.05) is 12.2 Å². The Balaban J connectivity index is 1.11. The molecule has 0 radical (unpaired) electrons. The third-order valence-corrected chi connectivity index (χ3v) is 8.77. The number of urea groups is 1. The molecule has 0 spiro atoms. The van der Waals surface area contributed by atoms with Gasteiger partial charge in [-0.3, -0.25) is 14.5 Å². The van der Waals surface area contributed by atoms with E-state index in [0.717, 1.165) is 37.0 Å². The average Bonchev–Trinajstić information content (AvgIpc) is 3.06. The number of nitrogens with zero attached hydrogens (tertiary/aromatic N) is 2. The summed E-state index contributed by atoms with van der Waals surface area (Å²) < 4.78 is 5.97. The van der Waals surface area contributed by atoms with Crippen LogP contribution in [-0.4, -0.2) is 39.9 Å². The van der Waals surface area contributed by atoms with Crippen molar-refractivity contribution in [2.24, 2.45) is 28.9 Å². The molecule has 8 heteroatoms. The molecule has 4 bridgehead atoms. The maximum absolute atomic E-state index is 13.3. The van der Waals surface area contributed by atoms with Gasteiger partial charge in [-0.2, -0.15) is 0 Å². The number of imide groups is 1. The Kier molecular flexibility index (Phi) is 5.15. The lowest BCUT2D eigenvalue weighted by atomic mass is 9.49. The van der Waals surface area contributed by atoms with Crippen LogP contribution in [0.1, 0.15) is 74.6 Å². The zero-order valence-corrected chi connectivity index (χ0v) is 19.4. The van der Waals surface area contributed by atoms with Crippen LogP contribution in [-0.2, 0) is 4.79 Å². The number of rotatable bonds is 5. The number of primary amides is 1. The summed E-state index contributed by atoms with van der Waals surface area (Å²) >= 11 is 0. The van der Waals surface area contributed by atoms with E-state index in [2.05, 4.69) is 16.4 Å². The highest BCUT2D eigenvalue weighted by Crippen LogP contribution is 2.60. The Morgan fingerprint density at radius 3 is 2.35 bits per heavy atom. The van der Waals surface area contributed by atoms with Crippen LogP contribution in [0.2, 0.25) is 0 Å². The molecule has 34 heavy (non-hydrogen) atoms. The largest absolute Gasteiger partial charge is 0.474 e. The molecule has 5 aliphatic carbocycles. The molecule has 4 amide bonds. The second kappa shape index (κ2) is 8.10. The summed E-state index contributed by atoms with van der Waals surface area (Å²) in [5.74, 6) is 1.86. The van der Waals surface area contributed by atoms with E-state index in [1.807, 2.05) is 0 Å². The molecule has 1 saturated heterocycles. The number of carbonyl (C=O) groups is 3. The molecule has 5 saturated carbocycles. The minimum Gasteiger partial charge on any atom is -0.474 e. The van der Waals surface area contributed by atoms with Crippen LogP contribution in [0, 0.1) is 23.2 Å². The fourth-order valence-corrected chi connectivity index (χ4v) is 7.79. The molecule has 3 N–H and O–H groups in total. The molecule has 180 valence electrons. The molecular weight excluding hydrogens is 432 g/mol. The highest BCUT2D eigenvalue weighted by Gasteiger charge is 2.51. The summed E-state index contributed by atoms with van der Waals surface area (Å²) in [4.78, 5) is 43.4. The van der Waals surface area contributed by atoms with E-state index in [9.17, 15) is 14.4 Å². The number of carbonyl (C=O) groups excluding carboxylic acids is 3. The molecule has 0 atom stereocenters. The van der Waals surface area contributed by atoms with Gasteiger partial charge in [-0.25, -0.2) is 9.78 Å². The van der Waals surface area contributed by atoms with Crippen molar-refractivity contribution in [1.29, 1.82) is 0 Å². The smallest absolute Gasteiger partial charge is 0.329 e. The van der Waals surface area contributed by atoms with E-state index in [1.165, 1.54) is 24.2 Å². The second-order valence-electron chi connectivity index (χ2n) is 11.2. The summed E-state index contributed by atoms with van der Waals surface area (Å²) in [6.07, 6.45) is 13.8. The summed E-state index contributed by atoms with van der Waals surface area (Å²) in [6, 6.07) is 2.80. The number of nitrogens with one attached hydrogen (secondary N) is 1. The molecule has 1 aromatic heterocycles. The normalized spacial score (nSPS) is 37.8. The highest BCUT2D eigenvalue weighted by molar-refractivity contribution is 6.12. The number of pyridine rings is 1. The third-order valence-electron chi connectivity index (χ3n) is 8.77. The van der Waals surface area contributed by atoms with Gasteiger partial charge in [0.25, 0.3) is 11.8 Å². The van der Waals surface area contributed by atoms with Crippen molar-refractivity contribution in [3.05, 3.63) is 35.7 Å². The molecule has 2 heterocycles. The molecule has 1 aromatic rings. The topological polar surface area (TPSA) is 115 Å². The first-order chi connectivity index (χ1) is 16.4. The average molecular weight is 465 g/mol. The number of allylic oxidation sites excluding steroid dienone is 1. The number of ether oxygens (including phenoxy) is 1. The Bertz CT molecular complexity index is 1020. The third kappa shape index (κ3) is 3.77. The molecule has 7 rings (SSSR count). The first kappa shape index (κ1) is 21.6. The predicted molar refractivity (Wildman–Crippen MR) is 123 cm³/mol.